The van der Waals surface area contributed by atoms with Crippen molar-refractivity contribution < 1.29 is 13.2 Å². The molecule has 0 aliphatic rings. The normalized spacial score (nSPS) is 12.6. The first kappa shape index (κ1) is 11.0. The highest BCUT2D eigenvalue weighted by Gasteiger charge is 2.05. The van der Waals surface area contributed by atoms with Gasteiger partial charge in [-0.15, -0.1) is 0 Å². The molecule has 0 saturated carbocycles. The van der Waals surface area contributed by atoms with Crippen LogP contribution >= 0.6 is 0 Å². The van der Waals surface area contributed by atoms with Gasteiger partial charge in [0.1, 0.15) is 0 Å². The zero-order valence-electron chi connectivity index (χ0n) is 8.46. The van der Waals surface area contributed by atoms with Gasteiger partial charge in [-0.3, -0.25) is 4.21 Å². The average molecular weight is 236 g/mol. The van der Waals surface area contributed by atoms with Crippen LogP contribution in [0.3, 0.4) is 0 Å². The van der Waals surface area contributed by atoms with Crippen molar-refractivity contribution in [2.45, 2.75) is 6.42 Å². The van der Waals surface area contributed by atoms with Crippen LogP contribution in [0.4, 0.5) is 0 Å². The smallest absolute Gasteiger partial charge is 0.195 e. The molecule has 0 spiro atoms. The molecule has 0 aliphatic carbocycles. The predicted molar refractivity (Wildman–Crippen MR) is 59.4 cm³/mol. The molecule has 0 aliphatic heterocycles. The van der Waals surface area contributed by atoms with Crippen LogP contribution in [0, 0.1) is 0 Å². The van der Waals surface area contributed by atoms with Crippen molar-refractivity contribution in [3.05, 3.63) is 42.4 Å². The second-order valence-electron chi connectivity index (χ2n) is 3.24. The third-order valence-electron chi connectivity index (χ3n) is 2.09. The number of aromatic nitrogens is 1. The maximum atomic E-state index is 10.4. The summed E-state index contributed by atoms with van der Waals surface area (Å²) in [6.07, 6.45) is 1.92. The summed E-state index contributed by atoms with van der Waals surface area (Å²) in [5.41, 5.74) is 0.935. The molecule has 4 nitrogen and oxygen atoms in total. The van der Waals surface area contributed by atoms with E-state index in [0.29, 0.717) is 18.1 Å². The van der Waals surface area contributed by atoms with Gasteiger partial charge >= 0.3 is 0 Å². The van der Waals surface area contributed by atoms with Crippen molar-refractivity contribution in [1.29, 1.82) is 0 Å². The summed E-state index contributed by atoms with van der Waals surface area (Å²) in [5.74, 6) is 1.14. The second kappa shape index (κ2) is 5.05. The number of nitrogens with zero attached hydrogens (tertiary/aromatic N) is 1. The van der Waals surface area contributed by atoms with E-state index in [1.54, 1.807) is 6.20 Å². The Morgan fingerprint density at radius 1 is 1.31 bits per heavy atom. The van der Waals surface area contributed by atoms with Crippen LogP contribution in [0.25, 0.3) is 11.3 Å². The molecule has 5 heteroatoms. The Kier molecular flexibility index (Phi) is 3.48. The molecule has 0 saturated heterocycles. The number of hydrogen-bond acceptors (Lipinski definition) is 4. The molecular formula is C11H10NO3S-. The molecule has 2 aromatic rings. The number of oxazole rings is 1. The molecule has 16 heavy (non-hydrogen) atoms. The lowest BCUT2D eigenvalue weighted by Crippen LogP contribution is -1.99. The molecule has 2 rings (SSSR count). The van der Waals surface area contributed by atoms with Gasteiger partial charge in [-0.05, 0) is 0 Å². The van der Waals surface area contributed by atoms with Crippen LogP contribution in [0.5, 0.6) is 0 Å². The van der Waals surface area contributed by atoms with E-state index in [2.05, 4.69) is 4.98 Å². The van der Waals surface area contributed by atoms with Crippen LogP contribution in [0.2, 0.25) is 0 Å². The van der Waals surface area contributed by atoms with Gasteiger partial charge in [-0.1, -0.05) is 41.4 Å². The Hall–Kier alpha value is -1.46. The van der Waals surface area contributed by atoms with Crippen LogP contribution in [-0.2, 0) is 17.5 Å². The third-order valence-corrected chi connectivity index (χ3v) is 2.63. The second-order valence-corrected chi connectivity index (χ2v) is 4.26. The molecular weight excluding hydrogens is 226 g/mol. The summed E-state index contributed by atoms with van der Waals surface area (Å²) < 4.78 is 26.2. The van der Waals surface area contributed by atoms with Gasteiger partial charge in [0, 0.05) is 17.7 Å². The third kappa shape index (κ3) is 2.77. The average Bonchev–Trinajstić information content (AvgIpc) is 2.76. The van der Waals surface area contributed by atoms with Gasteiger partial charge in [0.25, 0.3) is 0 Å². The number of benzene rings is 1. The van der Waals surface area contributed by atoms with Crippen LogP contribution < -0.4 is 0 Å². The highest BCUT2D eigenvalue weighted by molar-refractivity contribution is 7.79. The Bertz CT molecular complexity index is 481. The molecule has 0 radical (unpaired) electrons. The molecule has 0 N–H and O–H groups in total. The molecule has 1 unspecified atom stereocenters. The Morgan fingerprint density at radius 3 is 2.75 bits per heavy atom. The summed E-state index contributed by atoms with van der Waals surface area (Å²) in [4.78, 5) is 4.02. The van der Waals surface area contributed by atoms with E-state index in [-0.39, 0.29) is 5.75 Å². The van der Waals surface area contributed by atoms with Crippen LogP contribution in [-0.4, -0.2) is 19.5 Å². The van der Waals surface area contributed by atoms with Gasteiger partial charge in [0.05, 0.1) is 6.20 Å². The van der Waals surface area contributed by atoms with E-state index in [0.717, 1.165) is 5.56 Å². The standard InChI is InChI=1S/C11H11NO3S/c13-16(14)7-6-11-12-8-10(15-11)9-4-2-1-3-5-9/h1-5,8H,6-7H2,(H,13,14)/p-1. The van der Waals surface area contributed by atoms with Gasteiger partial charge < -0.3 is 8.97 Å². The fourth-order valence-electron chi connectivity index (χ4n) is 1.33. The number of rotatable bonds is 4. The minimum Gasteiger partial charge on any atom is -0.772 e. The van der Waals surface area contributed by atoms with E-state index in [9.17, 15) is 8.76 Å². The predicted octanol–water partition coefficient (Wildman–Crippen LogP) is 1.76. The Morgan fingerprint density at radius 2 is 2.06 bits per heavy atom. The lowest BCUT2D eigenvalue weighted by atomic mass is 10.2. The van der Waals surface area contributed by atoms with Crippen LogP contribution in [0.15, 0.2) is 40.9 Å². The zero-order chi connectivity index (χ0) is 11.4. The van der Waals surface area contributed by atoms with E-state index in [1.165, 1.54) is 0 Å². The maximum Gasteiger partial charge on any atom is 0.195 e. The lowest BCUT2D eigenvalue weighted by Gasteiger charge is -2.00. The van der Waals surface area contributed by atoms with E-state index in [1.807, 2.05) is 30.3 Å². The Balaban J connectivity index is 2.11. The Labute approximate surface area is 95.6 Å². The lowest BCUT2D eigenvalue weighted by molar-refractivity contribution is 0.503. The molecule has 1 heterocycles. The molecule has 1 aromatic heterocycles. The van der Waals surface area contributed by atoms with Gasteiger partial charge in [0.15, 0.2) is 11.7 Å². The molecule has 0 bridgehead atoms. The van der Waals surface area contributed by atoms with Crippen molar-refractivity contribution in [3.8, 4) is 11.3 Å². The van der Waals surface area contributed by atoms with Crippen molar-refractivity contribution in [3.63, 3.8) is 0 Å². The quantitative estimate of drug-likeness (QED) is 0.759. The largest absolute Gasteiger partial charge is 0.772 e. The summed E-state index contributed by atoms with van der Waals surface area (Å²) in [5, 5.41) is 0. The van der Waals surface area contributed by atoms with Gasteiger partial charge in [-0.25, -0.2) is 4.98 Å². The molecule has 0 amide bonds. The van der Waals surface area contributed by atoms with Crippen molar-refractivity contribution in [1.82, 2.24) is 4.98 Å². The number of aryl methyl sites for hydroxylation is 1. The van der Waals surface area contributed by atoms with E-state index in [4.69, 9.17) is 4.42 Å². The molecule has 1 atom stereocenters. The summed E-state index contributed by atoms with van der Waals surface area (Å²) in [6.45, 7) is 0. The van der Waals surface area contributed by atoms with Gasteiger partial charge in [0.2, 0.25) is 0 Å². The van der Waals surface area contributed by atoms with Crippen molar-refractivity contribution in [2.24, 2.45) is 0 Å². The first-order valence-electron chi connectivity index (χ1n) is 4.81. The fraction of sp³-hybridized carbons (Fsp3) is 0.182. The highest BCUT2D eigenvalue weighted by atomic mass is 32.2. The summed E-state index contributed by atoms with van der Waals surface area (Å²) >= 11 is -2.05. The fourth-order valence-corrected chi connectivity index (χ4v) is 1.67. The zero-order valence-corrected chi connectivity index (χ0v) is 9.28. The molecule has 84 valence electrons. The highest BCUT2D eigenvalue weighted by Crippen LogP contribution is 2.19. The SMILES string of the molecule is O=S([O-])CCc1ncc(-c2ccccc2)o1. The van der Waals surface area contributed by atoms with E-state index >= 15 is 0 Å². The number of hydrogen-bond donors (Lipinski definition) is 0. The topological polar surface area (TPSA) is 66.2 Å². The molecule has 1 aromatic carbocycles. The monoisotopic (exact) mass is 236 g/mol. The van der Waals surface area contributed by atoms with Crippen molar-refractivity contribution in [2.75, 3.05) is 5.75 Å². The minimum absolute atomic E-state index is 0.0365. The minimum atomic E-state index is -2.05. The van der Waals surface area contributed by atoms with Crippen molar-refractivity contribution >= 4 is 11.1 Å². The summed E-state index contributed by atoms with van der Waals surface area (Å²) in [7, 11) is 0. The van der Waals surface area contributed by atoms with Crippen LogP contribution in [0.1, 0.15) is 5.89 Å². The maximum absolute atomic E-state index is 10.4. The first-order valence-corrected chi connectivity index (χ1v) is 6.06. The first-order chi connectivity index (χ1) is 7.75. The van der Waals surface area contributed by atoms with Gasteiger partial charge in [-0.2, -0.15) is 0 Å². The van der Waals surface area contributed by atoms with E-state index < -0.39 is 11.1 Å². The summed E-state index contributed by atoms with van der Waals surface area (Å²) in [6, 6.07) is 9.56. The molecule has 0 fully saturated rings.